The molecule has 4 nitrogen and oxygen atoms in total. The number of amides is 1. The molecule has 1 amide bonds. The summed E-state index contributed by atoms with van der Waals surface area (Å²) >= 11 is 6.53. The lowest BCUT2D eigenvalue weighted by atomic mass is 10.1. The molecule has 1 aromatic rings. The summed E-state index contributed by atoms with van der Waals surface area (Å²) in [6, 6.07) is 4.20. The van der Waals surface area contributed by atoms with Crippen molar-refractivity contribution in [1.82, 2.24) is 5.32 Å². The lowest BCUT2D eigenvalue weighted by molar-refractivity contribution is -0.139. The highest BCUT2D eigenvalue weighted by molar-refractivity contribution is 9.11. The predicted octanol–water partition coefficient (Wildman–Crippen LogP) is 2.80. The molecule has 6 heteroatoms. The van der Waals surface area contributed by atoms with Gasteiger partial charge >= 0.3 is 5.97 Å². The maximum atomic E-state index is 11.8. The van der Waals surface area contributed by atoms with Gasteiger partial charge in [0.1, 0.15) is 6.04 Å². The SMILES string of the molecule is CC[C@H](NC(=O)c1cc(Br)cc(Br)c1)C(=O)O. The van der Waals surface area contributed by atoms with Crippen LogP contribution in [0.5, 0.6) is 0 Å². The van der Waals surface area contributed by atoms with Gasteiger partial charge in [-0.1, -0.05) is 38.8 Å². The van der Waals surface area contributed by atoms with Crippen molar-refractivity contribution >= 4 is 43.7 Å². The molecule has 0 aliphatic rings. The van der Waals surface area contributed by atoms with E-state index >= 15 is 0 Å². The molecule has 1 aromatic carbocycles. The smallest absolute Gasteiger partial charge is 0.326 e. The largest absolute Gasteiger partial charge is 0.480 e. The van der Waals surface area contributed by atoms with Gasteiger partial charge in [-0.25, -0.2) is 4.79 Å². The highest BCUT2D eigenvalue weighted by atomic mass is 79.9. The van der Waals surface area contributed by atoms with E-state index in [1.165, 1.54) is 0 Å². The van der Waals surface area contributed by atoms with Crippen LogP contribution in [0.25, 0.3) is 0 Å². The maximum Gasteiger partial charge on any atom is 0.326 e. The van der Waals surface area contributed by atoms with Crippen molar-refractivity contribution in [2.45, 2.75) is 19.4 Å². The van der Waals surface area contributed by atoms with Crippen LogP contribution in [0.2, 0.25) is 0 Å². The number of hydrogen-bond acceptors (Lipinski definition) is 2. The van der Waals surface area contributed by atoms with E-state index in [1.807, 2.05) is 0 Å². The number of carbonyl (C=O) groups is 2. The summed E-state index contributed by atoms with van der Waals surface area (Å²) in [5.74, 6) is -1.43. The van der Waals surface area contributed by atoms with Crippen LogP contribution < -0.4 is 5.32 Å². The number of carboxylic acids is 1. The summed E-state index contributed by atoms with van der Waals surface area (Å²) < 4.78 is 1.50. The summed E-state index contributed by atoms with van der Waals surface area (Å²) in [5, 5.41) is 11.3. The Morgan fingerprint density at radius 1 is 1.29 bits per heavy atom. The fraction of sp³-hybridized carbons (Fsp3) is 0.273. The second kappa shape index (κ2) is 6.16. The van der Waals surface area contributed by atoms with Crippen molar-refractivity contribution in [2.75, 3.05) is 0 Å². The molecule has 0 spiro atoms. The molecule has 0 aromatic heterocycles. The number of rotatable bonds is 4. The van der Waals surface area contributed by atoms with Gasteiger partial charge in [0.25, 0.3) is 5.91 Å². The monoisotopic (exact) mass is 363 g/mol. The van der Waals surface area contributed by atoms with Crippen LogP contribution in [0, 0.1) is 0 Å². The van der Waals surface area contributed by atoms with Gasteiger partial charge in [-0.05, 0) is 24.6 Å². The van der Waals surface area contributed by atoms with E-state index in [0.717, 1.165) is 8.95 Å². The van der Waals surface area contributed by atoms with Crippen molar-refractivity contribution in [3.63, 3.8) is 0 Å². The second-order valence-corrected chi connectivity index (χ2v) is 5.26. The average molecular weight is 365 g/mol. The van der Waals surface area contributed by atoms with E-state index in [9.17, 15) is 9.59 Å². The topological polar surface area (TPSA) is 66.4 Å². The first kappa shape index (κ1) is 14.2. The molecule has 1 atom stereocenters. The summed E-state index contributed by atoms with van der Waals surface area (Å²) in [6.07, 6.45) is 0.343. The molecular weight excluding hydrogens is 354 g/mol. The number of benzene rings is 1. The average Bonchev–Trinajstić information content (AvgIpc) is 2.23. The highest BCUT2D eigenvalue weighted by Gasteiger charge is 2.18. The minimum Gasteiger partial charge on any atom is -0.480 e. The van der Waals surface area contributed by atoms with Crippen molar-refractivity contribution in [3.8, 4) is 0 Å². The maximum absolute atomic E-state index is 11.8. The predicted molar refractivity (Wildman–Crippen MR) is 71.0 cm³/mol. The normalized spacial score (nSPS) is 11.9. The molecule has 1 rings (SSSR count). The van der Waals surface area contributed by atoms with E-state index in [1.54, 1.807) is 25.1 Å². The minimum absolute atomic E-state index is 0.343. The molecule has 0 saturated heterocycles. The lowest BCUT2D eigenvalue weighted by Crippen LogP contribution is -2.40. The number of carbonyl (C=O) groups excluding carboxylic acids is 1. The number of halogens is 2. The van der Waals surface area contributed by atoms with Crippen molar-refractivity contribution < 1.29 is 14.7 Å². The summed E-state index contributed by atoms with van der Waals surface area (Å²) in [6.45, 7) is 1.70. The van der Waals surface area contributed by atoms with Gasteiger partial charge in [-0.2, -0.15) is 0 Å². The van der Waals surface area contributed by atoms with Crippen molar-refractivity contribution in [2.24, 2.45) is 0 Å². The van der Waals surface area contributed by atoms with Gasteiger partial charge in [0, 0.05) is 14.5 Å². The van der Waals surface area contributed by atoms with E-state index < -0.39 is 17.9 Å². The van der Waals surface area contributed by atoms with Gasteiger partial charge in [0.05, 0.1) is 0 Å². The van der Waals surface area contributed by atoms with Gasteiger partial charge in [0.15, 0.2) is 0 Å². The molecule has 2 N–H and O–H groups in total. The Bertz CT molecular complexity index is 428. The fourth-order valence-corrected chi connectivity index (χ4v) is 2.56. The molecular formula is C11H11Br2NO3. The molecule has 0 bridgehead atoms. The molecule has 17 heavy (non-hydrogen) atoms. The van der Waals surface area contributed by atoms with E-state index in [-0.39, 0.29) is 0 Å². The molecule has 0 aliphatic heterocycles. The van der Waals surface area contributed by atoms with Crippen LogP contribution in [0.15, 0.2) is 27.1 Å². The van der Waals surface area contributed by atoms with Crippen LogP contribution in [0.3, 0.4) is 0 Å². The minimum atomic E-state index is -1.03. The molecule has 0 unspecified atom stereocenters. The number of nitrogens with one attached hydrogen (secondary N) is 1. The van der Waals surface area contributed by atoms with Gasteiger partial charge in [0.2, 0.25) is 0 Å². The Morgan fingerprint density at radius 3 is 2.24 bits per heavy atom. The summed E-state index contributed by atoms with van der Waals surface area (Å²) in [4.78, 5) is 22.6. The van der Waals surface area contributed by atoms with Crippen LogP contribution >= 0.6 is 31.9 Å². The van der Waals surface area contributed by atoms with Crippen molar-refractivity contribution in [1.29, 1.82) is 0 Å². The first-order chi connectivity index (χ1) is 7.93. The Morgan fingerprint density at radius 2 is 1.82 bits per heavy atom. The Hall–Kier alpha value is -0.880. The zero-order valence-electron chi connectivity index (χ0n) is 9.04. The quantitative estimate of drug-likeness (QED) is 0.863. The van der Waals surface area contributed by atoms with Gasteiger partial charge < -0.3 is 10.4 Å². The highest BCUT2D eigenvalue weighted by Crippen LogP contribution is 2.20. The molecule has 0 saturated carbocycles. The molecule has 0 heterocycles. The third-order valence-corrected chi connectivity index (χ3v) is 3.05. The number of hydrogen-bond donors (Lipinski definition) is 2. The van der Waals surface area contributed by atoms with Crippen LogP contribution in [-0.4, -0.2) is 23.0 Å². The van der Waals surface area contributed by atoms with Crippen LogP contribution in [-0.2, 0) is 4.79 Å². The van der Waals surface area contributed by atoms with Crippen LogP contribution in [0.1, 0.15) is 23.7 Å². The Labute approximate surface area is 116 Å². The Kier molecular flexibility index (Phi) is 5.14. The van der Waals surface area contributed by atoms with E-state index in [0.29, 0.717) is 12.0 Å². The second-order valence-electron chi connectivity index (χ2n) is 3.43. The molecule has 0 aliphatic carbocycles. The third-order valence-electron chi connectivity index (χ3n) is 2.14. The number of aliphatic carboxylic acids is 1. The first-order valence-corrected chi connectivity index (χ1v) is 6.52. The van der Waals surface area contributed by atoms with Gasteiger partial charge in [-0.15, -0.1) is 0 Å². The molecule has 0 fully saturated rings. The first-order valence-electron chi connectivity index (χ1n) is 4.93. The molecule has 92 valence electrons. The summed E-state index contributed by atoms with van der Waals surface area (Å²) in [7, 11) is 0. The molecule has 0 radical (unpaired) electrons. The fourth-order valence-electron chi connectivity index (χ4n) is 1.26. The van der Waals surface area contributed by atoms with Crippen molar-refractivity contribution in [3.05, 3.63) is 32.7 Å². The van der Waals surface area contributed by atoms with E-state index in [4.69, 9.17) is 5.11 Å². The van der Waals surface area contributed by atoms with Gasteiger partial charge in [-0.3, -0.25) is 4.79 Å². The number of carboxylic acid groups (broad SMARTS) is 1. The summed E-state index contributed by atoms with van der Waals surface area (Å²) in [5.41, 5.74) is 0.408. The van der Waals surface area contributed by atoms with E-state index in [2.05, 4.69) is 37.2 Å². The zero-order valence-corrected chi connectivity index (χ0v) is 12.2. The standard InChI is InChI=1S/C11H11Br2NO3/c1-2-9(11(16)17)14-10(15)6-3-7(12)5-8(13)4-6/h3-5,9H,2H2,1H3,(H,14,15)(H,16,17)/t9-/m0/s1. The zero-order chi connectivity index (χ0) is 13.0. The Balaban J connectivity index is 2.86. The third kappa shape index (κ3) is 4.12. The van der Waals surface area contributed by atoms with Crippen LogP contribution in [0.4, 0.5) is 0 Å². The lowest BCUT2D eigenvalue weighted by Gasteiger charge is -2.12.